The van der Waals surface area contributed by atoms with Gasteiger partial charge in [-0.1, -0.05) is 42.5 Å². The molecule has 1 aromatic carbocycles. The summed E-state index contributed by atoms with van der Waals surface area (Å²) in [6, 6.07) is 13.7. The minimum absolute atomic E-state index is 0.241. The van der Waals surface area contributed by atoms with Crippen molar-refractivity contribution in [2.45, 2.75) is 13.5 Å². The number of hydrogen-bond donors (Lipinski definition) is 1. The molecule has 1 heterocycles. The highest BCUT2D eigenvalue weighted by molar-refractivity contribution is 5.48. The van der Waals surface area contributed by atoms with Gasteiger partial charge in [-0.05, 0) is 24.6 Å². The Hall–Kier alpha value is -2.17. The minimum Gasteiger partial charge on any atom is -0.506 e. The summed E-state index contributed by atoms with van der Waals surface area (Å²) in [5.74, 6) is 0.241. The summed E-state index contributed by atoms with van der Waals surface area (Å²) in [4.78, 5) is 6.63. The van der Waals surface area contributed by atoms with Crippen LogP contribution in [0, 0.1) is 6.92 Å². The molecule has 0 bridgehead atoms. The van der Waals surface area contributed by atoms with Crippen LogP contribution in [0.5, 0.6) is 5.75 Å². The van der Waals surface area contributed by atoms with E-state index in [9.17, 15) is 5.11 Å². The van der Waals surface area contributed by atoms with Gasteiger partial charge in [-0.25, -0.2) is 0 Å². The number of hydrogen-bond acceptors (Lipinski definition) is 4. The number of pyridine rings is 1. The lowest BCUT2D eigenvalue weighted by Crippen LogP contribution is -2.27. The molecule has 0 saturated heterocycles. The number of aromatic hydroxyl groups is 1. The van der Waals surface area contributed by atoms with Gasteiger partial charge in [-0.2, -0.15) is 0 Å². The molecule has 0 spiro atoms. The first kappa shape index (κ1) is 17.2. The van der Waals surface area contributed by atoms with Crippen molar-refractivity contribution in [2.75, 3.05) is 26.8 Å². The van der Waals surface area contributed by atoms with Gasteiger partial charge in [-0.15, -0.1) is 0 Å². The second-order valence-corrected chi connectivity index (χ2v) is 5.46. The quantitative estimate of drug-likeness (QED) is 0.812. The number of aryl methyl sites for hydroxylation is 1. The van der Waals surface area contributed by atoms with Gasteiger partial charge >= 0.3 is 0 Å². The Morgan fingerprint density at radius 3 is 2.70 bits per heavy atom. The molecule has 2 aromatic rings. The first-order chi connectivity index (χ1) is 11.2. The largest absolute Gasteiger partial charge is 0.506 e. The fourth-order valence-electron chi connectivity index (χ4n) is 2.29. The number of aromatic nitrogens is 1. The molecule has 0 saturated carbocycles. The third kappa shape index (κ3) is 5.85. The average Bonchev–Trinajstić information content (AvgIpc) is 2.56. The van der Waals surface area contributed by atoms with Crippen LogP contribution in [0.1, 0.15) is 17.0 Å². The molecule has 1 aromatic heterocycles. The molecule has 0 amide bonds. The Morgan fingerprint density at radius 2 is 1.96 bits per heavy atom. The van der Waals surface area contributed by atoms with E-state index in [2.05, 4.69) is 34.2 Å². The van der Waals surface area contributed by atoms with Gasteiger partial charge in [0.15, 0.2) is 0 Å². The predicted molar refractivity (Wildman–Crippen MR) is 93.3 cm³/mol. The fraction of sp³-hybridized carbons (Fsp3) is 0.316. The van der Waals surface area contributed by atoms with Crippen molar-refractivity contribution in [3.05, 3.63) is 65.5 Å². The van der Waals surface area contributed by atoms with Crippen molar-refractivity contribution in [2.24, 2.45) is 0 Å². The van der Waals surface area contributed by atoms with Gasteiger partial charge in [-0.3, -0.25) is 9.88 Å². The van der Waals surface area contributed by atoms with E-state index in [1.807, 2.05) is 31.2 Å². The molecule has 4 nitrogen and oxygen atoms in total. The SMILES string of the molecule is COCCN(CC=Cc1ccccc1)Cc1nc(C)ccc1O. The van der Waals surface area contributed by atoms with Crippen LogP contribution in [0.3, 0.4) is 0 Å². The number of ether oxygens (including phenoxy) is 1. The van der Waals surface area contributed by atoms with Crippen molar-refractivity contribution in [1.29, 1.82) is 0 Å². The standard InChI is InChI=1S/C19H24N2O2/c1-16-10-11-19(22)18(20-16)15-21(13-14-23-2)12-6-9-17-7-4-3-5-8-17/h3-11,22H,12-15H2,1-2H3. The summed E-state index contributed by atoms with van der Waals surface area (Å²) in [5, 5.41) is 9.97. The molecule has 0 unspecified atom stereocenters. The summed E-state index contributed by atoms with van der Waals surface area (Å²) in [7, 11) is 1.69. The molecule has 0 aliphatic rings. The van der Waals surface area contributed by atoms with E-state index in [-0.39, 0.29) is 5.75 Å². The summed E-state index contributed by atoms with van der Waals surface area (Å²) < 4.78 is 5.18. The summed E-state index contributed by atoms with van der Waals surface area (Å²) >= 11 is 0. The van der Waals surface area contributed by atoms with Crippen LogP contribution in [0.4, 0.5) is 0 Å². The van der Waals surface area contributed by atoms with E-state index in [0.717, 1.165) is 18.8 Å². The summed E-state index contributed by atoms with van der Waals surface area (Å²) in [6.45, 7) is 4.72. The van der Waals surface area contributed by atoms with E-state index in [1.54, 1.807) is 13.2 Å². The second kappa shape index (κ2) is 9.08. The zero-order valence-electron chi connectivity index (χ0n) is 13.8. The first-order valence-electron chi connectivity index (χ1n) is 7.77. The van der Waals surface area contributed by atoms with Crippen molar-refractivity contribution < 1.29 is 9.84 Å². The maximum absolute atomic E-state index is 9.97. The van der Waals surface area contributed by atoms with Gasteiger partial charge < -0.3 is 9.84 Å². The Kier molecular flexibility index (Phi) is 6.78. The normalized spacial score (nSPS) is 11.4. The molecular formula is C19H24N2O2. The highest BCUT2D eigenvalue weighted by Gasteiger charge is 2.09. The molecule has 0 radical (unpaired) electrons. The molecule has 0 aliphatic carbocycles. The van der Waals surface area contributed by atoms with Crippen LogP contribution in [-0.2, 0) is 11.3 Å². The monoisotopic (exact) mass is 312 g/mol. The molecule has 2 rings (SSSR count). The molecule has 4 heteroatoms. The highest BCUT2D eigenvalue weighted by Crippen LogP contribution is 2.16. The lowest BCUT2D eigenvalue weighted by molar-refractivity contribution is 0.150. The smallest absolute Gasteiger partial charge is 0.138 e. The Balaban J connectivity index is 2.01. The molecule has 0 atom stereocenters. The third-order valence-electron chi connectivity index (χ3n) is 3.55. The van der Waals surface area contributed by atoms with Gasteiger partial charge in [0.1, 0.15) is 5.75 Å². The van der Waals surface area contributed by atoms with E-state index in [4.69, 9.17) is 4.74 Å². The zero-order chi connectivity index (χ0) is 16.5. The van der Waals surface area contributed by atoms with E-state index >= 15 is 0 Å². The predicted octanol–water partition coefficient (Wildman–Crippen LogP) is 3.26. The third-order valence-corrected chi connectivity index (χ3v) is 3.55. The van der Waals surface area contributed by atoms with Gasteiger partial charge in [0.25, 0.3) is 0 Å². The van der Waals surface area contributed by atoms with Crippen molar-refractivity contribution >= 4 is 6.08 Å². The molecule has 122 valence electrons. The van der Waals surface area contributed by atoms with Crippen LogP contribution < -0.4 is 0 Å². The fourth-order valence-corrected chi connectivity index (χ4v) is 2.29. The molecular weight excluding hydrogens is 288 g/mol. The summed E-state index contributed by atoms with van der Waals surface area (Å²) in [5.41, 5.74) is 2.79. The summed E-state index contributed by atoms with van der Waals surface area (Å²) in [6.07, 6.45) is 4.22. The van der Waals surface area contributed by atoms with Crippen LogP contribution in [0.2, 0.25) is 0 Å². The van der Waals surface area contributed by atoms with Gasteiger partial charge in [0, 0.05) is 32.4 Å². The minimum atomic E-state index is 0.241. The molecule has 0 fully saturated rings. The van der Waals surface area contributed by atoms with Crippen molar-refractivity contribution in [3.63, 3.8) is 0 Å². The van der Waals surface area contributed by atoms with Gasteiger partial charge in [0.05, 0.1) is 12.3 Å². The number of rotatable bonds is 8. The molecule has 23 heavy (non-hydrogen) atoms. The molecule has 0 aliphatic heterocycles. The topological polar surface area (TPSA) is 45.6 Å². The Morgan fingerprint density at radius 1 is 1.17 bits per heavy atom. The number of benzene rings is 1. The first-order valence-corrected chi connectivity index (χ1v) is 7.77. The highest BCUT2D eigenvalue weighted by atomic mass is 16.5. The van der Waals surface area contributed by atoms with E-state index in [0.29, 0.717) is 18.8 Å². The average molecular weight is 312 g/mol. The number of methoxy groups -OCH3 is 1. The maximum atomic E-state index is 9.97. The van der Waals surface area contributed by atoms with E-state index in [1.165, 1.54) is 5.56 Å². The van der Waals surface area contributed by atoms with Crippen LogP contribution in [-0.4, -0.2) is 41.8 Å². The van der Waals surface area contributed by atoms with Crippen LogP contribution in [0.15, 0.2) is 48.5 Å². The Bertz CT molecular complexity index is 627. The van der Waals surface area contributed by atoms with Crippen LogP contribution in [0.25, 0.3) is 6.08 Å². The lowest BCUT2D eigenvalue weighted by atomic mass is 10.2. The van der Waals surface area contributed by atoms with Crippen molar-refractivity contribution in [1.82, 2.24) is 9.88 Å². The van der Waals surface area contributed by atoms with Gasteiger partial charge in [0.2, 0.25) is 0 Å². The molecule has 1 N–H and O–H groups in total. The number of nitrogens with zero attached hydrogens (tertiary/aromatic N) is 2. The van der Waals surface area contributed by atoms with Crippen LogP contribution >= 0.6 is 0 Å². The Labute approximate surface area is 138 Å². The lowest BCUT2D eigenvalue weighted by Gasteiger charge is -2.20. The second-order valence-electron chi connectivity index (χ2n) is 5.46. The maximum Gasteiger partial charge on any atom is 0.138 e. The van der Waals surface area contributed by atoms with Crippen molar-refractivity contribution in [3.8, 4) is 5.75 Å². The van der Waals surface area contributed by atoms with E-state index < -0.39 is 0 Å². The zero-order valence-corrected chi connectivity index (χ0v) is 13.8.